The van der Waals surface area contributed by atoms with Gasteiger partial charge in [-0.3, -0.25) is 0 Å². The molecule has 0 saturated carbocycles. The van der Waals surface area contributed by atoms with E-state index in [0.717, 1.165) is 34.3 Å². The standard InChI is InChI=1S/C16H14ClN3/c1-2-18-14-10-6-5-9-13(14)15-11-7-3-4-8-12(11)16(17)20-19-15/h3-10,18H,2H2,1H3. The average molecular weight is 284 g/mol. The summed E-state index contributed by atoms with van der Waals surface area (Å²) in [6.07, 6.45) is 0. The average Bonchev–Trinajstić information content (AvgIpc) is 2.49. The van der Waals surface area contributed by atoms with Gasteiger partial charge in [0, 0.05) is 28.6 Å². The first-order chi connectivity index (χ1) is 9.81. The Morgan fingerprint density at radius 3 is 2.45 bits per heavy atom. The number of hydrogen-bond acceptors (Lipinski definition) is 3. The first-order valence-corrected chi connectivity index (χ1v) is 6.93. The first-order valence-electron chi connectivity index (χ1n) is 6.55. The Bertz CT molecular complexity index is 756. The molecule has 0 aliphatic rings. The lowest BCUT2D eigenvalue weighted by Gasteiger charge is -2.11. The lowest BCUT2D eigenvalue weighted by Crippen LogP contribution is -2.00. The summed E-state index contributed by atoms with van der Waals surface area (Å²) in [6.45, 7) is 2.93. The van der Waals surface area contributed by atoms with E-state index in [4.69, 9.17) is 11.6 Å². The predicted molar refractivity (Wildman–Crippen MR) is 84.1 cm³/mol. The molecule has 3 nitrogen and oxygen atoms in total. The van der Waals surface area contributed by atoms with Crippen LogP contribution < -0.4 is 5.32 Å². The van der Waals surface area contributed by atoms with E-state index in [9.17, 15) is 0 Å². The fourth-order valence-electron chi connectivity index (χ4n) is 2.30. The van der Waals surface area contributed by atoms with E-state index in [1.165, 1.54) is 0 Å². The van der Waals surface area contributed by atoms with Crippen LogP contribution in [-0.4, -0.2) is 16.7 Å². The Balaban J connectivity index is 2.28. The molecule has 0 spiro atoms. The van der Waals surface area contributed by atoms with Crippen LogP contribution in [0.1, 0.15) is 6.92 Å². The minimum Gasteiger partial charge on any atom is -0.385 e. The van der Waals surface area contributed by atoms with E-state index in [1.54, 1.807) is 0 Å². The van der Waals surface area contributed by atoms with Crippen LogP contribution in [0.25, 0.3) is 22.0 Å². The van der Waals surface area contributed by atoms with Gasteiger partial charge >= 0.3 is 0 Å². The van der Waals surface area contributed by atoms with Gasteiger partial charge in [-0.15, -0.1) is 10.2 Å². The lowest BCUT2D eigenvalue weighted by atomic mass is 10.0. The molecular weight excluding hydrogens is 270 g/mol. The number of halogens is 1. The molecule has 4 heteroatoms. The molecule has 0 bridgehead atoms. The molecule has 3 rings (SSSR count). The molecule has 2 aromatic carbocycles. The minimum atomic E-state index is 0.435. The third kappa shape index (κ3) is 2.21. The van der Waals surface area contributed by atoms with Crippen molar-refractivity contribution in [2.75, 3.05) is 11.9 Å². The Hall–Kier alpha value is -2.13. The van der Waals surface area contributed by atoms with Crippen LogP contribution >= 0.6 is 11.6 Å². The summed E-state index contributed by atoms with van der Waals surface area (Å²) in [6, 6.07) is 16.0. The van der Waals surface area contributed by atoms with Gasteiger partial charge in [0.25, 0.3) is 0 Å². The zero-order valence-electron chi connectivity index (χ0n) is 11.1. The zero-order chi connectivity index (χ0) is 13.9. The third-order valence-electron chi connectivity index (χ3n) is 3.19. The Kier molecular flexibility index (Phi) is 3.52. The van der Waals surface area contributed by atoms with Gasteiger partial charge < -0.3 is 5.32 Å². The van der Waals surface area contributed by atoms with Gasteiger partial charge in [0.05, 0.1) is 0 Å². The van der Waals surface area contributed by atoms with Crippen molar-refractivity contribution in [2.24, 2.45) is 0 Å². The molecule has 20 heavy (non-hydrogen) atoms. The highest BCUT2D eigenvalue weighted by molar-refractivity contribution is 6.34. The van der Waals surface area contributed by atoms with E-state index < -0.39 is 0 Å². The Morgan fingerprint density at radius 2 is 1.65 bits per heavy atom. The fraction of sp³-hybridized carbons (Fsp3) is 0.125. The molecule has 3 aromatic rings. The summed E-state index contributed by atoms with van der Waals surface area (Å²) in [4.78, 5) is 0. The summed E-state index contributed by atoms with van der Waals surface area (Å²) in [5.41, 5.74) is 2.94. The predicted octanol–water partition coefficient (Wildman–Crippen LogP) is 4.38. The van der Waals surface area contributed by atoms with E-state index in [0.29, 0.717) is 5.15 Å². The van der Waals surface area contributed by atoms with Crippen LogP contribution in [0.3, 0.4) is 0 Å². The summed E-state index contributed by atoms with van der Waals surface area (Å²) >= 11 is 6.13. The van der Waals surface area contributed by atoms with Gasteiger partial charge in [-0.25, -0.2) is 0 Å². The molecule has 1 N–H and O–H groups in total. The molecule has 0 saturated heterocycles. The molecule has 100 valence electrons. The van der Waals surface area contributed by atoms with E-state index in [1.807, 2.05) is 48.5 Å². The van der Waals surface area contributed by atoms with Crippen molar-refractivity contribution in [1.29, 1.82) is 0 Å². The maximum Gasteiger partial charge on any atom is 0.159 e. The first kappa shape index (κ1) is 12.9. The van der Waals surface area contributed by atoms with Crippen LogP contribution in [-0.2, 0) is 0 Å². The number of anilines is 1. The lowest BCUT2D eigenvalue weighted by molar-refractivity contribution is 1.06. The Morgan fingerprint density at radius 1 is 0.950 bits per heavy atom. The number of hydrogen-bond donors (Lipinski definition) is 1. The fourth-order valence-corrected chi connectivity index (χ4v) is 2.51. The summed E-state index contributed by atoms with van der Waals surface area (Å²) in [7, 11) is 0. The number of rotatable bonds is 3. The topological polar surface area (TPSA) is 37.8 Å². The zero-order valence-corrected chi connectivity index (χ0v) is 11.9. The molecule has 0 amide bonds. The second-order valence-corrected chi connectivity index (χ2v) is 4.82. The van der Waals surface area contributed by atoms with Gasteiger partial charge in [0.15, 0.2) is 5.15 Å². The third-order valence-corrected chi connectivity index (χ3v) is 3.47. The summed E-state index contributed by atoms with van der Waals surface area (Å²) in [5.74, 6) is 0. The van der Waals surface area contributed by atoms with Crippen molar-refractivity contribution in [2.45, 2.75) is 6.92 Å². The van der Waals surface area contributed by atoms with Gasteiger partial charge in [-0.05, 0) is 13.0 Å². The van der Waals surface area contributed by atoms with Gasteiger partial charge in [0.2, 0.25) is 0 Å². The number of fused-ring (bicyclic) bond motifs is 1. The highest BCUT2D eigenvalue weighted by Gasteiger charge is 2.12. The number of benzene rings is 2. The quantitative estimate of drug-likeness (QED) is 0.775. The van der Waals surface area contributed by atoms with E-state index in [2.05, 4.69) is 22.4 Å². The molecule has 0 fully saturated rings. The minimum absolute atomic E-state index is 0.435. The summed E-state index contributed by atoms with van der Waals surface area (Å²) < 4.78 is 0. The van der Waals surface area contributed by atoms with E-state index >= 15 is 0 Å². The van der Waals surface area contributed by atoms with Gasteiger partial charge in [-0.1, -0.05) is 54.1 Å². The highest BCUT2D eigenvalue weighted by atomic mass is 35.5. The van der Waals surface area contributed by atoms with Crippen molar-refractivity contribution in [1.82, 2.24) is 10.2 Å². The summed E-state index contributed by atoms with van der Waals surface area (Å²) in [5, 5.41) is 14.1. The number of nitrogens with one attached hydrogen (secondary N) is 1. The maximum absolute atomic E-state index is 6.13. The second-order valence-electron chi connectivity index (χ2n) is 4.46. The normalized spacial score (nSPS) is 10.7. The molecular formula is C16H14ClN3. The molecule has 0 aliphatic carbocycles. The largest absolute Gasteiger partial charge is 0.385 e. The van der Waals surface area contributed by atoms with Crippen molar-refractivity contribution in [3.05, 3.63) is 53.7 Å². The smallest absolute Gasteiger partial charge is 0.159 e. The number of aromatic nitrogens is 2. The van der Waals surface area contributed by atoms with Crippen LogP contribution in [0.4, 0.5) is 5.69 Å². The molecule has 0 radical (unpaired) electrons. The second kappa shape index (κ2) is 5.47. The maximum atomic E-state index is 6.13. The number of para-hydroxylation sites is 1. The SMILES string of the molecule is CCNc1ccccc1-c1nnc(Cl)c2ccccc12. The molecule has 0 aliphatic heterocycles. The molecule has 0 atom stereocenters. The Labute approximate surface area is 122 Å². The monoisotopic (exact) mass is 283 g/mol. The van der Waals surface area contributed by atoms with Crippen molar-refractivity contribution in [3.63, 3.8) is 0 Å². The van der Waals surface area contributed by atoms with Crippen LogP contribution in [0.2, 0.25) is 5.15 Å². The van der Waals surface area contributed by atoms with Gasteiger partial charge in [-0.2, -0.15) is 0 Å². The van der Waals surface area contributed by atoms with Crippen molar-refractivity contribution < 1.29 is 0 Å². The number of nitrogens with zero attached hydrogens (tertiary/aromatic N) is 2. The molecule has 1 heterocycles. The molecule has 0 unspecified atom stereocenters. The van der Waals surface area contributed by atoms with Crippen LogP contribution in [0.5, 0.6) is 0 Å². The van der Waals surface area contributed by atoms with Gasteiger partial charge in [0.1, 0.15) is 5.69 Å². The van der Waals surface area contributed by atoms with E-state index in [-0.39, 0.29) is 0 Å². The van der Waals surface area contributed by atoms with Crippen LogP contribution in [0, 0.1) is 0 Å². The van der Waals surface area contributed by atoms with Crippen molar-refractivity contribution >= 4 is 28.1 Å². The van der Waals surface area contributed by atoms with Crippen LogP contribution in [0.15, 0.2) is 48.5 Å². The van der Waals surface area contributed by atoms with Crippen molar-refractivity contribution in [3.8, 4) is 11.3 Å². The highest BCUT2D eigenvalue weighted by Crippen LogP contribution is 2.33. The molecule has 1 aromatic heterocycles.